The first kappa shape index (κ1) is 19.3. The number of oxazole rings is 1. The lowest BCUT2D eigenvalue weighted by Crippen LogP contribution is -2.30. The van der Waals surface area contributed by atoms with E-state index in [1.807, 2.05) is 0 Å². The van der Waals surface area contributed by atoms with Crippen LogP contribution in [0.5, 0.6) is 0 Å². The van der Waals surface area contributed by atoms with Crippen LogP contribution < -0.4 is 11.1 Å². The van der Waals surface area contributed by atoms with Crippen LogP contribution >= 0.6 is 0 Å². The van der Waals surface area contributed by atoms with Gasteiger partial charge in [-0.1, -0.05) is 18.2 Å². The normalized spacial score (nSPS) is 12.0. The van der Waals surface area contributed by atoms with Gasteiger partial charge in [0.1, 0.15) is 5.82 Å². The van der Waals surface area contributed by atoms with Crippen LogP contribution in [0.1, 0.15) is 18.9 Å². The molecule has 7 nitrogen and oxygen atoms in total. The number of carbonyl (C=O) groups is 2. The van der Waals surface area contributed by atoms with Gasteiger partial charge in [0.15, 0.2) is 11.7 Å². The van der Waals surface area contributed by atoms with E-state index >= 15 is 0 Å². The average Bonchev–Trinajstić information content (AvgIpc) is 2.98. The SMILES string of the molecule is Cc1ccc(NC(=O)[C@H](C)OC(=O)CCn2c(=O)oc3ccccc32)cc1F. The predicted octanol–water partition coefficient (Wildman–Crippen LogP) is 3.00. The molecule has 2 aromatic carbocycles. The van der Waals surface area contributed by atoms with Gasteiger partial charge < -0.3 is 14.5 Å². The Balaban J connectivity index is 1.56. The molecular weight excluding hydrogens is 367 g/mol. The van der Waals surface area contributed by atoms with Crippen molar-refractivity contribution in [3.05, 3.63) is 64.4 Å². The topological polar surface area (TPSA) is 90.5 Å². The average molecular weight is 386 g/mol. The van der Waals surface area contributed by atoms with Crippen LogP contribution in [0.4, 0.5) is 10.1 Å². The van der Waals surface area contributed by atoms with E-state index in [-0.39, 0.29) is 18.7 Å². The molecule has 8 heteroatoms. The van der Waals surface area contributed by atoms with E-state index in [1.54, 1.807) is 37.3 Å². The zero-order valence-electron chi connectivity index (χ0n) is 15.4. The minimum atomic E-state index is -1.07. The highest BCUT2D eigenvalue weighted by molar-refractivity contribution is 5.95. The summed E-state index contributed by atoms with van der Waals surface area (Å²) in [5.74, 6) is -2.24. The van der Waals surface area contributed by atoms with Gasteiger partial charge >= 0.3 is 11.7 Å². The van der Waals surface area contributed by atoms with E-state index < -0.39 is 29.6 Å². The van der Waals surface area contributed by atoms with Crippen LogP contribution in [0.25, 0.3) is 11.1 Å². The number of amides is 1. The zero-order valence-corrected chi connectivity index (χ0v) is 15.4. The van der Waals surface area contributed by atoms with Crippen molar-refractivity contribution in [2.75, 3.05) is 5.32 Å². The smallest absolute Gasteiger partial charge is 0.419 e. The number of esters is 1. The summed E-state index contributed by atoms with van der Waals surface area (Å²) >= 11 is 0. The second kappa shape index (κ2) is 8.08. The van der Waals surface area contributed by atoms with Crippen molar-refractivity contribution in [3.8, 4) is 0 Å². The van der Waals surface area contributed by atoms with Gasteiger partial charge in [-0.2, -0.15) is 0 Å². The van der Waals surface area contributed by atoms with Crippen LogP contribution in [0.15, 0.2) is 51.7 Å². The monoisotopic (exact) mass is 386 g/mol. The molecule has 0 aliphatic rings. The van der Waals surface area contributed by atoms with E-state index in [4.69, 9.17) is 9.15 Å². The molecule has 1 aromatic heterocycles. The summed E-state index contributed by atoms with van der Waals surface area (Å²) in [6.07, 6.45) is -1.19. The number of hydrogen-bond acceptors (Lipinski definition) is 5. The van der Waals surface area contributed by atoms with Crippen LogP contribution in [0.3, 0.4) is 0 Å². The van der Waals surface area contributed by atoms with E-state index in [0.717, 1.165) is 0 Å². The number of para-hydroxylation sites is 2. The number of carbonyl (C=O) groups excluding carboxylic acids is 2. The fraction of sp³-hybridized carbons (Fsp3) is 0.250. The molecular formula is C20H19FN2O5. The molecule has 3 aromatic rings. The molecule has 0 aliphatic heterocycles. The maximum atomic E-state index is 13.5. The number of fused-ring (bicyclic) bond motifs is 1. The van der Waals surface area contributed by atoms with Crippen molar-refractivity contribution in [3.63, 3.8) is 0 Å². The van der Waals surface area contributed by atoms with Crippen molar-refractivity contribution in [2.45, 2.75) is 32.9 Å². The van der Waals surface area contributed by atoms with Gasteiger partial charge in [-0.05, 0) is 43.7 Å². The number of hydrogen-bond donors (Lipinski definition) is 1. The molecule has 1 amide bonds. The molecule has 0 spiro atoms. The molecule has 0 fully saturated rings. The summed E-state index contributed by atoms with van der Waals surface area (Å²) in [5.41, 5.74) is 1.73. The molecule has 0 saturated carbocycles. The van der Waals surface area contributed by atoms with Gasteiger partial charge in [0.05, 0.1) is 11.9 Å². The third kappa shape index (κ3) is 4.28. The van der Waals surface area contributed by atoms with Crippen molar-refractivity contribution in [1.29, 1.82) is 0 Å². The predicted molar refractivity (Wildman–Crippen MR) is 100 cm³/mol. The van der Waals surface area contributed by atoms with Crippen molar-refractivity contribution in [2.24, 2.45) is 0 Å². The second-order valence-electron chi connectivity index (χ2n) is 6.32. The molecule has 0 aliphatic carbocycles. The number of nitrogens with zero attached hydrogens (tertiary/aromatic N) is 1. The summed E-state index contributed by atoms with van der Waals surface area (Å²) in [5, 5.41) is 2.49. The van der Waals surface area contributed by atoms with Crippen LogP contribution in [0.2, 0.25) is 0 Å². The van der Waals surface area contributed by atoms with E-state index in [1.165, 1.54) is 23.6 Å². The summed E-state index contributed by atoms with van der Waals surface area (Å²) in [7, 11) is 0. The molecule has 0 unspecified atom stereocenters. The van der Waals surface area contributed by atoms with Gasteiger partial charge in [-0.25, -0.2) is 9.18 Å². The number of aryl methyl sites for hydroxylation is 2. The van der Waals surface area contributed by atoms with Crippen molar-refractivity contribution in [1.82, 2.24) is 4.57 Å². The van der Waals surface area contributed by atoms with Gasteiger partial charge in [0.2, 0.25) is 0 Å². The molecule has 28 heavy (non-hydrogen) atoms. The Morgan fingerprint density at radius 1 is 1.25 bits per heavy atom. The van der Waals surface area contributed by atoms with E-state index in [2.05, 4.69) is 5.32 Å². The molecule has 0 radical (unpaired) electrons. The summed E-state index contributed by atoms with van der Waals surface area (Å²) in [6, 6.07) is 11.2. The molecule has 0 saturated heterocycles. The largest absolute Gasteiger partial charge is 0.452 e. The Morgan fingerprint density at radius 2 is 2.00 bits per heavy atom. The Bertz CT molecular complexity index is 1090. The lowest BCUT2D eigenvalue weighted by molar-refractivity contribution is -0.153. The molecule has 3 rings (SSSR count). The van der Waals surface area contributed by atoms with Gasteiger partial charge in [0, 0.05) is 12.2 Å². The lowest BCUT2D eigenvalue weighted by Gasteiger charge is -2.14. The van der Waals surface area contributed by atoms with E-state index in [0.29, 0.717) is 16.7 Å². The molecule has 1 heterocycles. The van der Waals surface area contributed by atoms with Gasteiger partial charge in [-0.15, -0.1) is 0 Å². The maximum absolute atomic E-state index is 13.5. The van der Waals surface area contributed by atoms with Crippen molar-refractivity contribution < 1.29 is 23.1 Å². The Hall–Kier alpha value is -3.42. The van der Waals surface area contributed by atoms with E-state index in [9.17, 15) is 18.8 Å². The van der Waals surface area contributed by atoms with Gasteiger partial charge in [0.25, 0.3) is 5.91 Å². The fourth-order valence-electron chi connectivity index (χ4n) is 2.65. The van der Waals surface area contributed by atoms with Crippen LogP contribution in [-0.2, 0) is 20.9 Å². The highest BCUT2D eigenvalue weighted by Gasteiger charge is 2.19. The third-order valence-corrected chi connectivity index (χ3v) is 4.23. The minimum absolute atomic E-state index is 0.0617. The summed E-state index contributed by atoms with van der Waals surface area (Å²) < 4.78 is 25.1. The molecule has 1 atom stereocenters. The Morgan fingerprint density at radius 3 is 2.75 bits per heavy atom. The maximum Gasteiger partial charge on any atom is 0.419 e. The van der Waals surface area contributed by atoms with Crippen LogP contribution in [-0.4, -0.2) is 22.5 Å². The summed E-state index contributed by atoms with van der Waals surface area (Å²) in [4.78, 5) is 36.1. The molecule has 0 bridgehead atoms. The fourth-order valence-corrected chi connectivity index (χ4v) is 2.65. The summed E-state index contributed by atoms with van der Waals surface area (Å²) in [6.45, 7) is 3.09. The second-order valence-corrected chi connectivity index (χ2v) is 6.32. The number of nitrogens with one attached hydrogen (secondary N) is 1. The highest BCUT2D eigenvalue weighted by Crippen LogP contribution is 2.15. The van der Waals surface area contributed by atoms with Crippen LogP contribution in [0, 0.1) is 12.7 Å². The number of benzene rings is 2. The zero-order chi connectivity index (χ0) is 20.3. The Kier molecular flexibility index (Phi) is 5.58. The highest BCUT2D eigenvalue weighted by atomic mass is 19.1. The molecule has 146 valence electrons. The first-order chi connectivity index (χ1) is 13.3. The minimum Gasteiger partial charge on any atom is -0.452 e. The number of anilines is 1. The third-order valence-electron chi connectivity index (χ3n) is 4.23. The standard InChI is InChI=1S/C20H19FN2O5/c1-12-7-8-14(11-15(12)21)22-19(25)13(2)27-18(24)9-10-23-16-5-3-4-6-17(16)28-20(23)26/h3-8,11,13H,9-10H2,1-2H3,(H,22,25)/t13-/m0/s1. The first-order valence-electron chi connectivity index (χ1n) is 8.70. The lowest BCUT2D eigenvalue weighted by atomic mass is 10.2. The quantitative estimate of drug-likeness (QED) is 0.658. The number of ether oxygens (including phenoxy) is 1. The Labute approximate surface area is 159 Å². The number of aromatic nitrogens is 1. The first-order valence-corrected chi connectivity index (χ1v) is 8.70. The number of rotatable bonds is 6. The van der Waals surface area contributed by atoms with Gasteiger partial charge in [-0.3, -0.25) is 14.2 Å². The number of halogens is 1. The molecule has 1 N–H and O–H groups in total. The van der Waals surface area contributed by atoms with Crippen molar-refractivity contribution >= 4 is 28.7 Å².